The van der Waals surface area contributed by atoms with Crippen molar-refractivity contribution in [1.82, 2.24) is 25.4 Å². The largest absolute Gasteiger partial charge is 0.493 e. The van der Waals surface area contributed by atoms with Crippen LogP contribution in [0, 0.1) is 11.6 Å². The van der Waals surface area contributed by atoms with Gasteiger partial charge in [0.1, 0.15) is 35.5 Å². The summed E-state index contributed by atoms with van der Waals surface area (Å²) in [6.45, 7) is 9.13. The number of aromatic nitrogens is 1. The SMILES string of the molecule is C=CC(=O)N1CCN(c2c(N(C)C=O)cnc3c(F)c(-c4c(F)cccc4OCCCCCCCNCc4ccc(OCc5scc6c5CN(C5CCC(=O)NC5=O)C6=O)cc4)c(Cl)cc23)CC1C. The number of carbonyl (C=O) groups is 5. The molecule has 8 rings (SSSR count). The molecule has 3 aliphatic heterocycles. The normalized spacial score (nSPS) is 17.0. The van der Waals surface area contributed by atoms with Crippen LogP contribution in [0.5, 0.6) is 11.5 Å². The van der Waals surface area contributed by atoms with Crippen LogP contribution in [0.15, 0.2) is 72.8 Å². The molecule has 0 saturated carbocycles. The molecule has 14 nitrogen and oxygen atoms in total. The maximum absolute atomic E-state index is 16.8. The fraction of sp³-hybridized carbons (Fsp3) is 0.373. The molecule has 5 aromatic rings. The van der Waals surface area contributed by atoms with Gasteiger partial charge in [-0.3, -0.25) is 34.3 Å². The number of unbranched alkanes of at least 4 members (excludes halogenated alkanes) is 4. The molecule has 0 aliphatic carbocycles. The Kier molecular flexibility index (Phi) is 15.6. The van der Waals surface area contributed by atoms with E-state index in [-0.39, 0.29) is 57.6 Å². The first-order chi connectivity index (χ1) is 33.4. The number of nitrogens with zero attached hydrogens (tertiary/aromatic N) is 5. The number of halogens is 3. The van der Waals surface area contributed by atoms with Crippen LogP contribution in [-0.2, 0) is 38.9 Å². The van der Waals surface area contributed by atoms with Crippen LogP contribution in [0.1, 0.15) is 78.2 Å². The van der Waals surface area contributed by atoms with Gasteiger partial charge >= 0.3 is 0 Å². The first kappa shape index (κ1) is 49.0. The number of thiophene rings is 1. The molecule has 2 aromatic heterocycles. The fourth-order valence-electron chi connectivity index (χ4n) is 9.26. The first-order valence-electron chi connectivity index (χ1n) is 23.1. The second-order valence-corrected chi connectivity index (χ2v) is 18.8. The van der Waals surface area contributed by atoms with Gasteiger partial charge in [0.05, 0.1) is 40.3 Å². The highest BCUT2D eigenvalue weighted by molar-refractivity contribution is 7.10. The third-order valence-corrected chi connectivity index (χ3v) is 14.2. The fourth-order valence-corrected chi connectivity index (χ4v) is 10.5. The summed E-state index contributed by atoms with van der Waals surface area (Å²) in [5.41, 5.74) is 3.23. The monoisotopic (exact) mass is 981 g/mol. The molecule has 0 radical (unpaired) electrons. The number of amides is 5. The number of hydrogen-bond acceptors (Lipinski definition) is 11. The lowest BCUT2D eigenvalue weighted by Crippen LogP contribution is -2.54. The first-order valence-corrected chi connectivity index (χ1v) is 24.4. The van der Waals surface area contributed by atoms with Crippen LogP contribution < -0.4 is 29.9 Å². The minimum Gasteiger partial charge on any atom is -0.493 e. The van der Waals surface area contributed by atoms with Gasteiger partial charge in [-0.15, -0.1) is 11.3 Å². The van der Waals surface area contributed by atoms with Crippen molar-refractivity contribution in [3.05, 3.63) is 111 Å². The topological polar surface area (TPSA) is 154 Å². The van der Waals surface area contributed by atoms with Crippen molar-refractivity contribution < 1.29 is 42.2 Å². The molecule has 3 aromatic carbocycles. The molecule has 2 saturated heterocycles. The number of fused-ring (bicyclic) bond motifs is 2. The third-order valence-electron chi connectivity index (χ3n) is 12.9. The van der Waals surface area contributed by atoms with Gasteiger partial charge in [-0.25, -0.2) is 8.78 Å². The van der Waals surface area contributed by atoms with Gasteiger partial charge in [0.25, 0.3) is 5.91 Å². The van der Waals surface area contributed by atoms with E-state index in [4.69, 9.17) is 21.1 Å². The molecule has 362 valence electrons. The van der Waals surface area contributed by atoms with E-state index < -0.39 is 23.6 Å². The molecular formula is C51H54ClF2N7O7S. The minimum atomic E-state index is -0.820. The number of nitrogens with one attached hydrogen (secondary N) is 2. The molecule has 69 heavy (non-hydrogen) atoms. The highest BCUT2D eigenvalue weighted by atomic mass is 35.5. The number of piperidine rings is 1. The van der Waals surface area contributed by atoms with E-state index in [0.29, 0.717) is 93.3 Å². The Hall–Kier alpha value is -6.43. The number of hydrogen-bond donors (Lipinski definition) is 2. The van der Waals surface area contributed by atoms with E-state index in [1.54, 1.807) is 29.0 Å². The van der Waals surface area contributed by atoms with Crippen LogP contribution in [0.25, 0.3) is 22.0 Å². The Bertz CT molecular complexity index is 2770. The molecule has 5 heterocycles. The molecule has 2 atom stereocenters. The molecule has 2 unspecified atom stereocenters. The Morgan fingerprint density at radius 1 is 1.06 bits per heavy atom. The van der Waals surface area contributed by atoms with E-state index in [0.717, 1.165) is 48.2 Å². The van der Waals surface area contributed by atoms with Crippen LogP contribution >= 0.6 is 22.9 Å². The van der Waals surface area contributed by atoms with Gasteiger partial charge in [0.15, 0.2) is 5.82 Å². The summed E-state index contributed by atoms with van der Waals surface area (Å²) < 4.78 is 44.6. The number of ether oxygens (including phenoxy) is 2. The van der Waals surface area contributed by atoms with Crippen LogP contribution in [0.4, 0.5) is 20.2 Å². The molecule has 5 amide bonds. The molecular weight excluding hydrogens is 928 g/mol. The van der Waals surface area contributed by atoms with E-state index in [2.05, 4.69) is 22.2 Å². The van der Waals surface area contributed by atoms with Gasteiger partial charge in [-0.2, -0.15) is 0 Å². The highest BCUT2D eigenvalue weighted by Gasteiger charge is 2.41. The second-order valence-electron chi connectivity index (χ2n) is 17.5. The van der Waals surface area contributed by atoms with Crippen molar-refractivity contribution in [1.29, 1.82) is 0 Å². The summed E-state index contributed by atoms with van der Waals surface area (Å²) in [5.74, 6) is -1.76. The van der Waals surface area contributed by atoms with Gasteiger partial charge in [-0.1, -0.05) is 55.6 Å². The van der Waals surface area contributed by atoms with Crippen LogP contribution in [-0.4, -0.2) is 96.7 Å². The van der Waals surface area contributed by atoms with E-state index in [9.17, 15) is 24.0 Å². The van der Waals surface area contributed by atoms with Crippen LogP contribution in [0.3, 0.4) is 0 Å². The van der Waals surface area contributed by atoms with Crippen molar-refractivity contribution in [2.24, 2.45) is 0 Å². The summed E-state index contributed by atoms with van der Waals surface area (Å²) in [7, 11) is 1.57. The molecule has 18 heteroatoms. The van der Waals surface area contributed by atoms with Crippen molar-refractivity contribution in [3.8, 4) is 22.6 Å². The summed E-state index contributed by atoms with van der Waals surface area (Å²) in [6, 6.07) is 12.9. The second kappa shape index (κ2) is 21.9. The Morgan fingerprint density at radius 2 is 1.84 bits per heavy atom. The molecule has 3 aliphatic rings. The van der Waals surface area contributed by atoms with Crippen molar-refractivity contribution in [2.45, 2.75) is 83.6 Å². The summed E-state index contributed by atoms with van der Waals surface area (Å²) in [6.07, 6.45) is 8.42. The van der Waals surface area contributed by atoms with Crippen molar-refractivity contribution in [3.63, 3.8) is 0 Å². The average Bonchev–Trinajstić information content (AvgIpc) is 3.90. The minimum absolute atomic E-state index is 0.0463. The molecule has 2 fully saturated rings. The zero-order valence-corrected chi connectivity index (χ0v) is 40.1. The summed E-state index contributed by atoms with van der Waals surface area (Å²) in [5, 5.41) is 7.94. The van der Waals surface area contributed by atoms with Crippen molar-refractivity contribution >= 4 is 75.3 Å². The zero-order valence-electron chi connectivity index (χ0n) is 38.5. The predicted octanol–water partition coefficient (Wildman–Crippen LogP) is 8.17. The summed E-state index contributed by atoms with van der Waals surface area (Å²) >= 11 is 8.32. The Morgan fingerprint density at radius 3 is 2.59 bits per heavy atom. The number of anilines is 2. The van der Waals surface area contributed by atoms with E-state index >= 15 is 8.78 Å². The maximum atomic E-state index is 16.8. The van der Waals surface area contributed by atoms with E-state index in [1.165, 1.54) is 40.6 Å². The predicted molar refractivity (Wildman–Crippen MR) is 262 cm³/mol. The lowest BCUT2D eigenvalue weighted by molar-refractivity contribution is -0.137. The number of carbonyl (C=O) groups excluding carboxylic acids is 5. The lowest BCUT2D eigenvalue weighted by Gasteiger charge is -2.41. The standard InChI is InChI=1S/C51H54ClF2N7O7S/c1-4-44(64)60-21-20-59(26-31(60)2)49-34-23-37(52)45(47(54)48(34)56-25-40(49)58(3)30-62)46-38(53)11-10-12-41(46)67-22-9-7-5-6-8-19-55-24-32-13-15-33(16-14-32)68-28-42-35-27-61(51(66)36(35)29-69-42)39-17-18-43(63)57-50(39)65/h4,10-16,23,25,29-31,39,55H,1,5-9,17-22,24,26-28H2,2-3H3,(H,57,63,65). The van der Waals surface area contributed by atoms with Gasteiger partial charge in [0, 0.05) is 79.0 Å². The van der Waals surface area contributed by atoms with E-state index in [1.807, 2.05) is 41.5 Å². The number of imide groups is 1. The van der Waals surface area contributed by atoms with Crippen molar-refractivity contribution in [2.75, 3.05) is 49.6 Å². The average molecular weight is 983 g/mol. The van der Waals surface area contributed by atoms with Gasteiger partial charge in [0.2, 0.25) is 24.1 Å². The van der Waals surface area contributed by atoms with Gasteiger partial charge < -0.3 is 34.4 Å². The molecule has 0 bridgehead atoms. The number of rotatable bonds is 20. The third kappa shape index (κ3) is 10.6. The zero-order chi connectivity index (χ0) is 48.8. The highest BCUT2D eigenvalue weighted by Crippen LogP contribution is 2.45. The molecule has 2 N–H and O–H groups in total. The lowest BCUT2D eigenvalue weighted by atomic mass is 9.99. The Balaban J connectivity index is 0.786. The number of pyridine rings is 1. The van der Waals surface area contributed by atoms with Crippen LogP contribution in [0.2, 0.25) is 5.02 Å². The molecule has 0 spiro atoms. The van der Waals surface area contributed by atoms with Gasteiger partial charge in [-0.05, 0) is 74.7 Å². The number of benzene rings is 3. The number of piperazine rings is 1. The Labute approximate surface area is 408 Å². The smallest absolute Gasteiger partial charge is 0.256 e. The summed E-state index contributed by atoms with van der Waals surface area (Å²) in [4.78, 5) is 73.4. The quantitative estimate of drug-likeness (QED) is 0.0338. The maximum Gasteiger partial charge on any atom is 0.256 e.